The fraction of sp³-hybridized carbons (Fsp3) is 0.263. The minimum Gasteiger partial charge on any atom is -0.489 e. The largest absolute Gasteiger partial charge is 0.489 e. The van der Waals surface area contributed by atoms with Gasteiger partial charge in [-0.25, -0.2) is 0 Å². The van der Waals surface area contributed by atoms with Crippen molar-refractivity contribution in [2.24, 2.45) is 5.92 Å². The molecule has 0 aromatic heterocycles. The SMILES string of the molecule is CNC(=O)C1CC(=O)N(c2ccc(OCc3cccc(Cl)c3)cc2)C1. The number of carbonyl (C=O) groups is 2. The number of hydrogen-bond acceptors (Lipinski definition) is 3. The molecule has 5 nitrogen and oxygen atoms in total. The van der Waals surface area contributed by atoms with E-state index in [4.69, 9.17) is 16.3 Å². The first-order valence-corrected chi connectivity index (χ1v) is 8.44. The molecule has 2 aromatic carbocycles. The molecule has 1 saturated heterocycles. The standard InChI is InChI=1S/C19H19ClN2O3/c1-21-19(24)14-10-18(23)22(11-14)16-5-7-17(8-6-16)25-12-13-3-2-4-15(20)9-13/h2-9,14H,10-12H2,1H3,(H,21,24). The van der Waals surface area contributed by atoms with Crippen LogP contribution in [0.15, 0.2) is 48.5 Å². The summed E-state index contributed by atoms with van der Waals surface area (Å²) in [5, 5.41) is 3.27. The van der Waals surface area contributed by atoms with Gasteiger partial charge in [0.25, 0.3) is 0 Å². The average Bonchev–Trinajstić information content (AvgIpc) is 3.01. The lowest BCUT2D eigenvalue weighted by atomic mass is 10.1. The quantitative estimate of drug-likeness (QED) is 0.893. The number of anilines is 1. The van der Waals surface area contributed by atoms with Gasteiger partial charge in [0.2, 0.25) is 11.8 Å². The molecular weight excluding hydrogens is 340 g/mol. The van der Waals surface area contributed by atoms with Crippen molar-refractivity contribution in [2.75, 3.05) is 18.5 Å². The van der Waals surface area contributed by atoms with Gasteiger partial charge in [0.1, 0.15) is 12.4 Å². The van der Waals surface area contributed by atoms with Crippen LogP contribution in [0.4, 0.5) is 5.69 Å². The number of rotatable bonds is 5. The molecule has 1 aliphatic heterocycles. The van der Waals surface area contributed by atoms with Crippen LogP contribution in [-0.4, -0.2) is 25.4 Å². The van der Waals surface area contributed by atoms with Crippen LogP contribution in [-0.2, 0) is 16.2 Å². The van der Waals surface area contributed by atoms with Gasteiger partial charge in [-0.15, -0.1) is 0 Å². The van der Waals surface area contributed by atoms with E-state index in [0.29, 0.717) is 23.9 Å². The van der Waals surface area contributed by atoms with Crippen LogP contribution in [0, 0.1) is 5.92 Å². The van der Waals surface area contributed by atoms with Crippen molar-refractivity contribution in [2.45, 2.75) is 13.0 Å². The lowest BCUT2D eigenvalue weighted by Gasteiger charge is -2.17. The highest BCUT2D eigenvalue weighted by Gasteiger charge is 2.34. The van der Waals surface area contributed by atoms with Crippen molar-refractivity contribution in [1.82, 2.24) is 5.32 Å². The Bertz CT molecular complexity index is 776. The molecule has 130 valence electrons. The number of ether oxygens (including phenoxy) is 1. The van der Waals surface area contributed by atoms with Gasteiger partial charge in [-0.2, -0.15) is 0 Å². The summed E-state index contributed by atoms with van der Waals surface area (Å²) in [6.45, 7) is 0.822. The number of nitrogens with zero attached hydrogens (tertiary/aromatic N) is 1. The summed E-state index contributed by atoms with van der Waals surface area (Å²) < 4.78 is 5.74. The first kappa shape index (κ1) is 17.3. The van der Waals surface area contributed by atoms with Crippen LogP contribution in [0.3, 0.4) is 0 Å². The van der Waals surface area contributed by atoms with E-state index < -0.39 is 0 Å². The maximum atomic E-state index is 12.1. The predicted octanol–water partition coefficient (Wildman–Crippen LogP) is 3.02. The Hall–Kier alpha value is -2.53. The fourth-order valence-corrected chi connectivity index (χ4v) is 3.07. The molecule has 1 atom stereocenters. The van der Waals surface area contributed by atoms with E-state index in [1.54, 1.807) is 11.9 Å². The van der Waals surface area contributed by atoms with Gasteiger partial charge in [-0.05, 0) is 42.0 Å². The molecule has 0 spiro atoms. The molecule has 1 fully saturated rings. The Balaban J connectivity index is 1.62. The molecule has 1 heterocycles. The zero-order valence-corrected chi connectivity index (χ0v) is 14.6. The van der Waals surface area contributed by atoms with Gasteiger partial charge >= 0.3 is 0 Å². The highest BCUT2D eigenvalue weighted by atomic mass is 35.5. The van der Waals surface area contributed by atoms with Crippen molar-refractivity contribution in [3.63, 3.8) is 0 Å². The molecule has 0 radical (unpaired) electrons. The Labute approximate surface area is 151 Å². The highest BCUT2D eigenvalue weighted by molar-refractivity contribution is 6.30. The number of nitrogens with one attached hydrogen (secondary N) is 1. The van der Waals surface area contributed by atoms with Gasteiger partial charge in [0.15, 0.2) is 0 Å². The van der Waals surface area contributed by atoms with E-state index in [1.165, 1.54) is 0 Å². The van der Waals surface area contributed by atoms with Crippen molar-refractivity contribution >= 4 is 29.1 Å². The minimum absolute atomic E-state index is 0.0406. The monoisotopic (exact) mass is 358 g/mol. The summed E-state index contributed by atoms with van der Waals surface area (Å²) in [6, 6.07) is 14.8. The van der Waals surface area contributed by atoms with Crippen LogP contribution >= 0.6 is 11.6 Å². The average molecular weight is 359 g/mol. The first-order valence-electron chi connectivity index (χ1n) is 8.06. The van der Waals surface area contributed by atoms with Gasteiger partial charge in [0.05, 0.1) is 5.92 Å². The normalized spacial score (nSPS) is 16.8. The number of halogens is 1. The number of benzene rings is 2. The van der Waals surface area contributed by atoms with Crippen molar-refractivity contribution in [3.8, 4) is 5.75 Å². The van der Waals surface area contributed by atoms with Crippen molar-refractivity contribution in [1.29, 1.82) is 0 Å². The summed E-state index contributed by atoms with van der Waals surface area (Å²) in [5.74, 6) is 0.271. The van der Waals surface area contributed by atoms with E-state index in [-0.39, 0.29) is 24.2 Å². The third-order valence-corrected chi connectivity index (χ3v) is 4.42. The fourth-order valence-electron chi connectivity index (χ4n) is 2.85. The summed E-state index contributed by atoms with van der Waals surface area (Å²) >= 11 is 5.96. The lowest BCUT2D eigenvalue weighted by Crippen LogP contribution is -2.30. The summed E-state index contributed by atoms with van der Waals surface area (Å²) in [4.78, 5) is 25.5. The minimum atomic E-state index is -0.295. The molecule has 3 rings (SSSR count). The topological polar surface area (TPSA) is 58.6 Å². The third-order valence-electron chi connectivity index (χ3n) is 4.19. The smallest absolute Gasteiger partial charge is 0.227 e. The molecule has 25 heavy (non-hydrogen) atoms. The third kappa shape index (κ3) is 4.12. The van der Waals surface area contributed by atoms with Gasteiger partial charge < -0.3 is 15.0 Å². The molecule has 2 aromatic rings. The van der Waals surface area contributed by atoms with E-state index >= 15 is 0 Å². The lowest BCUT2D eigenvalue weighted by molar-refractivity contribution is -0.125. The molecule has 0 bridgehead atoms. The molecule has 6 heteroatoms. The summed E-state index contributed by atoms with van der Waals surface area (Å²) in [7, 11) is 1.58. The van der Waals surface area contributed by atoms with Crippen LogP contribution in [0.1, 0.15) is 12.0 Å². The highest BCUT2D eigenvalue weighted by Crippen LogP contribution is 2.27. The van der Waals surface area contributed by atoms with Gasteiger partial charge in [-0.1, -0.05) is 23.7 Å². The van der Waals surface area contributed by atoms with E-state index in [2.05, 4.69) is 5.32 Å². The second kappa shape index (κ2) is 7.57. The van der Waals surface area contributed by atoms with E-state index in [0.717, 1.165) is 11.3 Å². The number of amides is 2. The summed E-state index contributed by atoms with van der Waals surface area (Å²) in [5.41, 5.74) is 1.76. The second-order valence-corrected chi connectivity index (χ2v) is 6.37. The summed E-state index contributed by atoms with van der Waals surface area (Å²) in [6.07, 6.45) is 0.243. The maximum absolute atomic E-state index is 12.1. The number of carbonyl (C=O) groups excluding carboxylic acids is 2. The molecule has 0 aliphatic carbocycles. The van der Waals surface area contributed by atoms with Crippen LogP contribution in [0.5, 0.6) is 5.75 Å². The Morgan fingerprint density at radius 3 is 2.72 bits per heavy atom. The maximum Gasteiger partial charge on any atom is 0.227 e. The van der Waals surface area contributed by atoms with E-state index in [1.807, 2.05) is 48.5 Å². The van der Waals surface area contributed by atoms with Crippen molar-refractivity contribution < 1.29 is 14.3 Å². The Morgan fingerprint density at radius 2 is 2.04 bits per heavy atom. The predicted molar refractivity (Wildman–Crippen MR) is 96.8 cm³/mol. The van der Waals surface area contributed by atoms with Crippen molar-refractivity contribution in [3.05, 3.63) is 59.1 Å². The second-order valence-electron chi connectivity index (χ2n) is 5.93. The van der Waals surface area contributed by atoms with Gasteiger partial charge in [0, 0.05) is 30.7 Å². The Morgan fingerprint density at radius 1 is 1.28 bits per heavy atom. The zero-order chi connectivity index (χ0) is 17.8. The molecule has 2 amide bonds. The molecule has 1 N–H and O–H groups in total. The zero-order valence-electron chi connectivity index (χ0n) is 13.9. The first-order chi connectivity index (χ1) is 12.1. The van der Waals surface area contributed by atoms with Gasteiger partial charge in [-0.3, -0.25) is 9.59 Å². The Kier molecular flexibility index (Phi) is 5.24. The van der Waals surface area contributed by atoms with Crippen LogP contribution < -0.4 is 15.0 Å². The molecule has 0 saturated carbocycles. The van der Waals surface area contributed by atoms with Crippen LogP contribution in [0.2, 0.25) is 5.02 Å². The molecule has 1 aliphatic rings. The van der Waals surface area contributed by atoms with E-state index in [9.17, 15) is 9.59 Å². The molecular formula is C19H19ClN2O3. The molecule has 1 unspecified atom stereocenters. The number of hydrogen-bond donors (Lipinski definition) is 1. The van der Waals surface area contributed by atoms with Crippen LogP contribution in [0.25, 0.3) is 0 Å².